The van der Waals surface area contributed by atoms with Crippen LogP contribution >= 0.6 is 0 Å². The average molecular weight is 109 g/mol. The second kappa shape index (κ2) is 2.17. The van der Waals surface area contributed by atoms with Crippen LogP contribution in [-0.2, 0) is 0 Å². The summed E-state index contributed by atoms with van der Waals surface area (Å²) in [5.41, 5.74) is 0. The molecule has 1 fully saturated rings. The van der Waals surface area contributed by atoms with Crippen molar-refractivity contribution >= 4 is 0 Å². The summed E-state index contributed by atoms with van der Waals surface area (Å²) in [7, 11) is 0. The van der Waals surface area contributed by atoms with Gasteiger partial charge in [-0.2, -0.15) is 5.26 Å². The maximum Gasteiger partial charge on any atom is 0.0658 e. The first kappa shape index (κ1) is 5.62. The van der Waals surface area contributed by atoms with Crippen LogP contribution in [-0.4, -0.2) is 0 Å². The fourth-order valence-corrected chi connectivity index (χ4v) is 1.03. The zero-order valence-corrected chi connectivity index (χ0v) is 5.22. The minimum Gasteiger partial charge on any atom is -0.198 e. The molecule has 1 atom stereocenters. The van der Waals surface area contributed by atoms with Gasteiger partial charge in [-0.1, -0.05) is 6.92 Å². The highest BCUT2D eigenvalue weighted by molar-refractivity contribution is 4.93. The van der Waals surface area contributed by atoms with Crippen LogP contribution in [0, 0.1) is 23.2 Å². The highest BCUT2D eigenvalue weighted by Crippen LogP contribution is 2.37. The Morgan fingerprint density at radius 2 is 2.38 bits per heavy atom. The van der Waals surface area contributed by atoms with Crippen molar-refractivity contribution in [2.45, 2.75) is 26.2 Å². The molecule has 0 aliphatic heterocycles. The predicted molar refractivity (Wildman–Crippen MR) is 32.1 cm³/mol. The van der Waals surface area contributed by atoms with Crippen LogP contribution in [0.1, 0.15) is 26.2 Å². The summed E-state index contributed by atoms with van der Waals surface area (Å²) in [6.45, 7) is 2.09. The minimum atomic E-state index is 0.370. The third kappa shape index (κ3) is 1.01. The van der Waals surface area contributed by atoms with E-state index in [9.17, 15) is 0 Å². The molecule has 0 radical (unpaired) electrons. The van der Waals surface area contributed by atoms with Crippen molar-refractivity contribution < 1.29 is 0 Å². The molecule has 44 valence electrons. The van der Waals surface area contributed by atoms with Crippen LogP contribution in [0.2, 0.25) is 0 Å². The van der Waals surface area contributed by atoms with Gasteiger partial charge in [0.2, 0.25) is 0 Å². The number of nitrogens with zero attached hydrogens (tertiary/aromatic N) is 1. The molecule has 8 heavy (non-hydrogen) atoms. The molecule has 0 bridgehead atoms. The highest BCUT2D eigenvalue weighted by Gasteiger charge is 2.29. The molecule has 0 saturated heterocycles. The van der Waals surface area contributed by atoms with E-state index in [1.54, 1.807) is 0 Å². The normalized spacial score (nSPS) is 22.0. The minimum absolute atomic E-state index is 0.370. The van der Waals surface area contributed by atoms with Gasteiger partial charge in [0.15, 0.2) is 0 Å². The Balaban J connectivity index is 2.29. The lowest BCUT2D eigenvalue weighted by Gasteiger charge is -1.98. The van der Waals surface area contributed by atoms with Gasteiger partial charge in [0, 0.05) is 5.92 Å². The molecular formula is C7H11N. The quantitative estimate of drug-likeness (QED) is 0.531. The second-order valence-electron chi connectivity index (χ2n) is 2.48. The monoisotopic (exact) mass is 109 g/mol. The van der Waals surface area contributed by atoms with E-state index in [4.69, 9.17) is 5.26 Å². The van der Waals surface area contributed by atoms with Gasteiger partial charge < -0.3 is 0 Å². The van der Waals surface area contributed by atoms with Crippen molar-refractivity contribution in [2.24, 2.45) is 11.8 Å². The first-order valence-corrected chi connectivity index (χ1v) is 3.28. The third-order valence-corrected chi connectivity index (χ3v) is 1.80. The van der Waals surface area contributed by atoms with E-state index in [0.717, 1.165) is 12.3 Å². The van der Waals surface area contributed by atoms with E-state index in [-0.39, 0.29) is 0 Å². The van der Waals surface area contributed by atoms with E-state index >= 15 is 0 Å². The topological polar surface area (TPSA) is 23.8 Å². The molecule has 0 amide bonds. The summed E-state index contributed by atoms with van der Waals surface area (Å²) in [5.74, 6) is 1.14. The maximum absolute atomic E-state index is 8.49. The molecule has 0 aromatic heterocycles. The van der Waals surface area contributed by atoms with Gasteiger partial charge in [-0.25, -0.2) is 0 Å². The number of hydrogen-bond donors (Lipinski definition) is 0. The SMILES string of the molecule is CCC(C#N)C1CC1. The summed E-state index contributed by atoms with van der Waals surface area (Å²) in [4.78, 5) is 0. The molecule has 1 aliphatic rings. The lowest BCUT2D eigenvalue weighted by Crippen LogP contribution is -1.95. The van der Waals surface area contributed by atoms with Crippen molar-refractivity contribution in [2.75, 3.05) is 0 Å². The van der Waals surface area contributed by atoms with Gasteiger partial charge in [-0.3, -0.25) is 0 Å². The zero-order chi connectivity index (χ0) is 5.98. The van der Waals surface area contributed by atoms with Crippen LogP contribution in [0.15, 0.2) is 0 Å². The van der Waals surface area contributed by atoms with E-state index in [2.05, 4.69) is 13.0 Å². The molecule has 0 aromatic rings. The Kier molecular flexibility index (Phi) is 1.53. The zero-order valence-electron chi connectivity index (χ0n) is 5.22. The lowest BCUT2D eigenvalue weighted by atomic mass is 10.0. The standard InChI is InChI=1S/C7H11N/c1-2-6(5-8)7-3-4-7/h6-7H,2-4H2,1H3. The molecule has 0 N–H and O–H groups in total. The van der Waals surface area contributed by atoms with Crippen molar-refractivity contribution in [3.05, 3.63) is 0 Å². The van der Waals surface area contributed by atoms with Crippen molar-refractivity contribution in [1.29, 1.82) is 5.26 Å². The van der Waals surface area contributed by atoms with Crippen molar-refractivity contribution in [3.8, 4) is 6.07 Å². The highest BCUT2D eigenvalue weighted by atomic mass is 14.4. The summed E-state index contributed by atoms with van der Waals surface area (Å²) in [5, 5.41) is 8.49. The molecule has 1 nitrogen and oxygen atoms in total. The van der Waals surface area contributed by atoms with E-state index in [1.165, 1.54) is 12.8 Å². The first-order chi connectivity index (χ1) is 3.88. The molecule has 0 heterocycles. The van der Waals surface area contributed by atoms with Gasteiger partial charge in [-0.15, -0.1) is 0 Å². The molecule has 1 heteroatoms. The first-order valence-electron chi connectivity index (χ1n) is 3.28. The second-order valence-corrected chi connectivity index (χ2v) is 2.48. The van der Waals surface area contributed by atoms with Gasteiger partial charge in [-0.05, 0) is 25.2 Å². The van der Waals surface area contributed by atoms with Crippen LogP contribution < -0.4 is 0 Å². The van der Waals surface area contributed by atoms with E-state index in [1.807, 2.05) is 0 Å². The molecule has 0 aromatic carbocycles. The summed E-state index contributed by atoms with van der Waals surface area (Å²) < 4.78 is 0. The smallest absolute Gasteiger partial charge is 0.0658 e. The molecule has 0 spiro atoms. The van der Waals surface area contributed by atoms with Gasteiger partial charge in [0.1, 0.15) is 0 Å². The van der Waals surface area contributed by atoms with Gasteiger partial charge >= 0.3 is 0 Å². The summed E-state index contributed by atoms with van der Waals surface area (Å²) >= 11 is 0. The Bertz CT molecular complexity index is 108. The lowest BCUT2D eigenvalue weighted by molar-refractivity contribution is 0.563. The Morgan fingerprint density at radius 3 is 2.50 bits per heavy atom. The fraction of sp³-hybridized carbons (Fsp3) is 0.857. The molecule has 1 rings (SSSR count). The van der Waals surface area contributed by atoms with Crippen molar-refractivity contribution in [3.63, 3.8) is 0 Å². The van der Waals surface area contributed by atoms with Gasteiger partial charge in [0.25, 0.3) is 0 Å². The van der Waals surface area contributed by atoms with Crippen LogP contribution in [0.4, 0.5) is 0 Å². The largest absolute Gasteiger partial charge is 0.198 e. The molecule has 1 saturated carbocycles. The average Bonchev–Trinajstić information content (AvgIpc) is 2.53. The predicted octanol–water partition coefficient (Wildman–Crippen LogP) is 1.95. The Morgan fingerprint density at radius 1 is 1.75 bits per heavy atom. The van der Waals surface area contributed by atoms with Crippen molar-refractivity contribution in [1.82, 2.24) is 0 Å². The Hall–Kier alpha value is -0.510. The number of rotatable bonds is 2. The third-order valence-electron chi connectivity index (χ3n) is 1.80. The van der Waals surface area contributed by atoms with E-state index in [0.29, 0.717) is 5.92 Å². The Labute approximate surface area is 50.3 Å². The van der Waals surface area contributed by atoms with Crippen LogP contribution in [0.25, 0.3) is 0 Å². The van der Waals surface area contributed by atoms with Gasteiger partial charge in [0.05, 0.1) is 6.07 Å². The molecular weight excluding hydrogens is 98.1 g/mol. The molecule has 1 unspecified atom stereocenters. The maximum atomic E-state index is 8.49. The van der Waals surface area contributed by atoms with Crippen LogP contribution in [0.3, 0.4) is 0 Å². The number of nitriles is 1. The molecule has 1 aliphatic carbocycles. The van der Waals surface area contributed by atoms with Crippen LogP contribution in [0.5, 0.6) is 0 Å². The summed E-state index contributed by atoms with van der Waals surface area (Å²) in [6.07, 6.45) is 3.64. The number of hydrogen-bond acceptors (Lipinski definition) is 1. The fourth-order valence-electron chi connectivity index (χ4n) is 1.03. The van der Waals surface area contributed by atoms with E-state index < -0.39 is 0 Å². The summed E-state index contributed by atoms with van der Waals surface area (Å²) in [6, 6.07) is 2.31.